The average molecular weight is 285 g/mol. The molecule has 0 bridgehead atoms. The monoisotopic (exact) mass is 284 g/mol. The normalized spacial score (nSPS) is 14.2. The van der Waals surface area contributed by atoms with Crippen LogP contribution < -0.4 is 11.1 Å². The molecule has 88 valence electrons. The van der Waals surface area contributed by atoms with Crippen molar-refractivity contribution in [3.05, 3.63) is 34.3 Å². The molecule has 0 radical (unpaired) electrons. The van der Waals surface area contributed by atoms with Crippen molar-refractivity contribution < 1.29 is 4.79 Å². The highest BCUT2D eigenvalue weighted by Gasteiger charge is 2.14. The van der Waals surface area contributed by atoms with Crippen molar-refractivity contribution in [1.29, 1.82) is 0 Å². The minimum Gasteiger partial charge on any atom is -0.348 e. The van der Waals surface area contributed by atoms with Gasteiger partial charge in [-0.2, -0.15) is 0 Å². The van der Waals surface area contributed by atoms with E-state index in [0.29, 0.717) is 6.42 Å². The summed E-state index contributed by atoms with van der Waals surface area (Å²) in [5, 5.41) is 2.89. The summed E-state index contributed by atoms with van der Waals surface area (Å²) >= 11 is 3.40. The van der Waals surface area contributed by atoms with Gasteiger partial charge in [0.15, 0.2) is 0 Å². The van der Waals surface area contributed by atoms with Crippen LogP contribution in [0.25, 0.3) is 0 Å². The Kier molecular flexibility index (Phi) is 4.96. The molecule has 0 aliphatic heterocycles. The largest absolute Gasteiger partial charge is 0.348 e. The van der Waals surface area contributed by atoms with Gasteiger partial charge in [0.1, 0.15) is 0 Å². The fourth-order valence-corrected chi connectivity index (χ4v) is 1.78. The molecule has 16 heavy (non-hydrogen) atoms. The van der Waals surface area contributed by atoms with Gasteiger partial charge in [-0.25, -0.2) is 0 Å². The molecule has 4 heteroatoms. The van der Waals surface area contributed by atoms with Gasteiger partial charge in [-0.3, -0.25) is 4.79 Å². The summed E-state index contributed by atoms with van der Waals surface area (Å²) in [6.45, 7) is 3.84. The Hall–Kier alpha value is -0.870. The maximum absolute atomic E-state index is 11.6. The quantitative estimate of drug-likeness (QED) is 0.892. The molecule has 0 aliphatic rings. The third kappa shape index (κ3) is 3.61. The first-order chi connectivity index (χ1) is 7.54. The van der Waals surface area contributed by atoms with Crippen LogP contribution in [0.3, 0.4) is 0 Å². The van der Waals surface area contributed by atoms with Gasteiger partial charge in [0.05, 0.1) is 12.1 Å². The molecule has 0 saturated carbocycles. The minimum atomic E-state index is -0.422. The van der Waals surface area contributed by atoms with Gasteiger partial charge in [-0.1, -0.05) is 35.0 Å². The van der Waals surface area contributed by atoms with Crippen molar-refractivity contribution in [3.63, 3.8) is 0 Å². The lowest BCUT2D eigenvalue weighted by molar-refractivity contribution is -0.123. The Balaban J connectivity index is 2.65. The SMILES string of the molecule is CC[C@@H](N)C(=O)N[C@H](C)c1cccc(Br)c1. The van der Waals surface area contributed by atoms with Gasteiger partial charge in [-0.05, 0) is 31.0 Å². The molecule has 0 heterocycles. The van der Waals surface area contributed by atoms with E-state index in [9.17, 15) is 4.79 Å². The second-order valence-corrected chi connectivity index (χ2v) is 4.72. The molecule has 1 aromatic rings. The van der Waals surface area contributed by atoms with E-state index < -0.39 is 6.04 Å². The standard InChI is InChI=1S/C12H17BrN2O/c1-3-11(14)12(16)15-8(2)9-5-4-6-10(13)7-9/h4-8,11H,3,14H2,1-2H3,(H,15,16)/t8-,11-/m1/s1. The lowest BCUT2D eigenvalue weighted by atomic mass is 10.1. The summed E-state index contributed by atoms with van der Waals surface area (Å²) in [4.78, 5) is 11.6. The highest BCUT2D eigenvalue weighted by atomic mass is 79.9. The van der Waals surface area contributed by atoms with Crippen molar-refractivity contribution in [2.75, 3.05) is 0 Å². The van der Waals surface area contributed by atoms with E-state index in [1.807, 2.05) is 38.1 Å². The molecule has 0 fully saturated rings. The second kappa shape index (κ2) is 6.01. The summed E-state index contributed by atoms with van der Waals surface area (Å²) in [6.07, 6.45) is 0.650. The molecule has 0 aliphatic carbocycles. The Morgan fingerprint density at radius 2 is 2.25 bits per heavy atom. The van der Waals surface area contributed by atoms with E-state index in [4.69, 9.17) is 5.73 Å². The van der Waals surface area contributed by atoms with E-state index >= 15 is 0 Å². The van der Waals surface area contributed by atoms with Crippen LogP contribution in [0.1, 0.15) is 31.9 Å². The summed E-state index contributed by atoms with van der Waals surface area (Å²) in [7, 11) is 0. The molecule has 2 atom stereocenters. The van der Waals surface area contributed by atoms with Gasteiger partial charge in [0, 0.05) is 4.47 Å². The smallest absolute Gasteiger partial charge is 0.237 e. The minimum absolute atomic E-state index is 0.0254. The Morgan fingerprint density at radius 3 is 2.81 bits per heavy atom. The van der Waals surface area contributed by atoms with E-state index in [-0.39, 0.29) is 11.9 Å². The first kappa shape index (κ1) is 13.2. The van der Waals surface area contributed by atoms with Crippen LogP contribution in [0.4, 0.5) is 0 Å². The number of benzene rings is 1. The molecule has 0 aromatic heterocycles. The Bertz CT molecular complexity index is 368. The average Bonchev–Trinajstić information content (AvgIpc) is 2.27. The number of carbonyl (C=O) groups is 1. The van der Waals surface area contributed by atoms with Crippen molar-refractivity contribution in [1.82, 2.24) is 5.32 Å². The van der Waals surface area contributed by atoms with Crippen LogP contribution in [0.15, 0.2) is 28.7 Å². The summed E-state index contributed by atoms with van der Waals surface area (Å²) in [6, 6.07) is 7.42. The molecular weight excluding hydrogens is 268 g/mol. The first-order valence-corrected chi connectivity index (χ1v) is 6.15. The predicted octanol–water partition coefficient (Wildman–Crippen LogP) is 2.36. The van der Waals surface area contributed by atoms with E-state index in [2.05, 4.69) is 21.2 Å². The van der Waals surface area contributed by atoms with Crippen molar-refractivity contribution in [2.24, 2.45) is 5.73 Å². The zero-order valence-corrected chi connectivity index (χ0v) is 11.1. The van der Waals surface area contributed by atoms with Gasteiger partial charge in [0.25, 0.3) is 0 Å². The van der Waals surface area contributed by atoms with Gasteiger partial charge in [-0.15, -0.1) is 0 Å². The van der Waals surface area contributed by atoms with Crippen molar-refractivity contribution in [3.8, 4) is 0 Å². The van der Waals surface area contributed by atoms with Crippen molar-refractivity contribution >= 4 is 21.8 Å². The highest BCUT2D eigenvalue weighted by molar-refractivity contribution is 9.10. The fourth-order valence-electron chi connectivity index (χ4n) is 1.37. The first-order valence-electron chi connectivity index (χ1n) is 5.36. The molecule has 1 amide bonds. The molecule has 3 nitrogen and oxygen atoms in total. The van der Waals surface area contributed by atoms with E-state index in [1.165, 1.54) is 0 Å². The zero-order valence-electron chi connectivity index (χ0n) is 9.53. The molecular formula is C12H17BrN2O. The maximum Gasteiger partial charge on any atom is 0.237 e. The number of hydrogen-bond acceptors (Lipinski definition) is 2. The molecule has 0 spiro atoms. The number of hydrogen-bond donors (Lipinski definition) is 2. The lowest BCUT2D eigenvalue weighted by Gasteiger charge is -2.17. The number of nitrogens with one attached hydrogen (secondary N) is 1. The molecule has 0 saturated heterocycles. The highest BCUT2D eigenvalue weighted by Crippen LogP contribution is 2.17. The second-order valence-electron chi connectivity index (χ2n) is 3.80. The Labute approximate surface area is 105 Å². The van der Waals surface area contributed by atoms with Crippen LogP contribution in [0.5, 0.6) is 0 Å². The van der Waals surface area contributed by atoms with Crippen LogP contribution in [-0.2, 0) is 4.79 Å². The lowest BCUT2D eigenvalue weighted by Crippen LogP contribution is -2.41. The number of halogens is 1. The maximum atomic E-state index is 11.6. The van der Waals surface area contributed by atoms with Crippen LogP contribution in [0.2, 0.25) is 0 Å². The summed E-state index contributed by atoms with van der Waals surface area (Å²) in [5.74, 6) is -0.102. The van der Waals surface area contributed by atoms with E-state index in [1.54, 1.807) is 0 Å². The number of nitrogens with two attached hydrogens (primary N) is 1. The molecule has 1 aromatic carbocycles. The summed E-state index contributed by atoms with van der Waals surface area (Å²) < 4.78 is 1.01. The third-order valence-corrected chi connectivity index (χ3v) is 2.98. The number of carbonyl (C=O) groups excluding carboxylic acids is 1. The van der Waals surface area contributed by atoms with Gasteiger partial charge >= 0.3 is 0 Å². The molecule has 1 rings (SSSR count). The zero-order chi connectivity index (χ0) is 12.1. The van der Waals surface area contributed by atoms with E-state index in [0.717, 1.165) is 10.0 Å². The molecule has 3 N–H and O–H groups in total. The number of rotatable bonds is 4. The fraction of sp³-hybridized carbons (Fsp3) is 0.417. The van der Waals surface area contributed by atoms with Crippen LogP contribution in [-0.4, -0.2) is 11.9 Å². The van der Waals surface area contributed by atoms with Crippen LogP contribution in [0, 0.1) is 0 Å². The van der Waals surface area contributed by atoms with Gasteiger partial charge < -0.3 is 11.1 Å². The predicted molar refractivity (Wildman–Crippen MR) is 69.0 cm³/mol. The topological polar surface area (TPSA) is 55.1 Å². The Morgan fingerprint density at radius 1 is 1.56 bits per heavy atom. The summed E-state index contributed by atoms with van der Waals surface area (Å²) in [5.41, 5.74) is 6.71. The number of amides is 1. The van der Waals surface area contributed by atoms with Gasteiger partial charge in [0.2, 0.25) is 5.91 Å². The molecule has 0 unspecified atom stereocenters. The third-order valence-electron chi connectivity index (χ3n) is 2.48. The van der Waals surface area contributed by atoms with Crippen molar-refractivity contribution in [2.45, 2.75) is 32.4 Å². The van der Waals surface area contributed by atoms with Crippen LogP contribution >= 0.6 is 15.9 Å².